The summed E-state index contributed by atoms with van der Waals surface area (Å²) in [6, 6.07) is 12.9. The molecular weight excluding hydrogens is 240 g/mol. The molecule has 0 aromatic heterocycles. The van der Waals surface area contributed by atoms with Gasteiger partial charge in [0.2, 0.25) is 0 Å². The summed E-state index contributed by atoms with van der Waals surface area (Å²) in [4.78, 5) is 0. The molecule has 0 heterocycles. The highest BCUT2D eigenvalue weighted by atomic mass is 14.3. The van der Waals surface area contributed by atoms with Crippen LogP contribution < -0.4 is 0 Å². The fourth-order valence-electron chi connectivity index (χ4n) is 2.71. The van der Waals surface area contributed by atoms with Crippen molar-refractivity contribution in [1.82, 2.24) is 0 Å². The summed E-state index contributed by atoms with van der Waals surface area (Å²) < 4.78 is 0. The maximum absolute atomic E-state index is 2.45. The van der Waals surface area contributed by atoms with Gasteiger partial charge < -0.3 is 0 Å². The van der Waals surface area contributed by atoms with Crippen LogP contribution >= 0.6 is 0 Å². The van der Waals surface area contributed by atoms with Crippen LogP contribution in [0.2, 0.25) is 0 Å². The van der Waals surface area contributed by atoms with Crippen LogP contribution in [0.3, 0.4) is 0 Å². The average Bonchev–Trinajstić information content (AvgIpc) is 2.60. The minimum absolute atomic E-state index is 0.191. The van der Waals surface area contributed by atoms with Crippen molar-refractivity contribution >= 4 is 5.57 Å². The van der Waals surface area contributed by atoms with Gasteiger partial charge in [-0.2, -0.15) is 0 Å². The van der Waals surface area contributed by atoms with Gasteiger partial charge in [0.1, 0.15) is 0 Å². The van der Waals surface area contributed by atoms with Crippen LogP contribution in [0.15, 0.2) is 53.6 Å². The molecule has 0 spiro atoms. The van der Waals surface area contributed by atoms with Gasteiger partial charge in [-0.05, 0) is 50.0 Å². The molecular formula is C20H27+. The molecule has 0 nitrogen and oxygen atoms in total. The standard InChI is InChI=1S/C20H27/c1-19(2,3)16-13-17(18(14-16)20(4,5)6)15-11-9-7-8-10-12-15/h7-12,14H,13H2,1-6H3/q+1. The topological polar surface area (TPSA) is 0 Å². The third kappa shape index (κ3) is 3.17. The molecule has 0 fully saturated rings. The molecule has 1 aliphatic carbocycles. The minimum atomic E-state index is 0.191. The fraction of sp³-hybridized carbons (Fsp3) is 0.450. The first-order chi connectivity index (χ1) is 9.19. The zero-order valence-electron chi connectivity index (χ0n) is 13.7. The van der Waals surface area contributed by atoms with Crippen LogP contribution in [0.4, 0.5) is 0 Å². The van der Waals surface area contributed by atoms with Crippen molar-refractivity contribution < 1.29 is 0 Å². The molecule has 0 saturated carbocycles. The lowest BCUT2D eigenvalue weighted by atomic mass is 9.83. The van der Waals surface area contributed by atoms with Gasteiger partial charge in [-0.3, -0.25) is 0 Å². The number of allylic oxidation sites excluding steroid dienone is 4. The molecule has 106 valence electrons. The van der Waals surface area contributed by atoms with Gasteiger partial charge in [0.05, 0.1) is 5.56 Å². The summed E-state index contributed by atoms with van der Waals surface area (Å²) in [6.07, 6.45) is 3.53. The number of rotatable bonds is 1. The van der Waals surface area contributed by atoms with E-state index in [9.17, 15) is 0 Å². The second-order valence-corrected chi connectivity index (χ2v) is 7.80. The highest BCUT2D eigenvalue weighted by molar-refractivity contribution is 5.77. The first kappa shape index (κ1) is 15.0. The molecule has 0 bridgehead atoms. The summed E-state index contributed by atoms with van der Waals surface area (Å²) in [5.41, 5.74) is 6.33. The molecule has 0 heteroatoms. The van der Waals surface area contributed by atoms with Crippen molar-refractivity contribution in [2.45, 2.75) is 48.0 Å². The SMILES string of the molecule is CC(C)(C)C1=CC(C(C)(C)C)=C([c+]2cccccc2)C1. The average molecular weight is 267 g/mol. The normalized spacial score (nSPS) is 16.4. The Hall–Kier alpha value is -1.43. The Labute approximate surface area is 124 Å². The lowest BCUT2D eigenvalue weighted by Crippen LogP contribution is -2.09. The zero-order chi connectivity index (χ0) is 15.0. The molecule has 0 saturated heterocycles. The van der Waals surface area contributed by atoms with Crippen LogP contribution in [0.5, 0.6) is 0 Å². The Morgan fingerprint density at radius 1 is 0.800 bits per heavy atom. The molecule has 1 aromatic carbocycles. The van der Waals surface area contributed by atoms with Crippen molar-refractivity contribution in [3.05, 3.63) is 59.2 Å². The van der Waals surface area contributed by atoms with Gasteiger partial charge in [0.15, 0.2) is 0 Å². The van der Waals surface area contributed by atoms with E-state index in [4.69, 9.17) is 0 Å². The number of hydrogen-bond donors (Lipinski definition) is 0. The predicted molar refractivity (Wildman–Crippen MR) is 89.4 cm³/mol. The van der Waals surface area contributed by atoms with Crippen LogP contribution in [0, 0.1) is 10.8 Å². The molecule has 0 radical (unpaired) electrons. The summed E-state index contributed by atoms with van der Waals surface area (Å²) >= 11 is 0. The van der Waals surface area contributed by atoms with E-state index in [-0.39, 0.29) is 10.8 Å². The second-order valence-electron chi connectivity index (χ2n) is 7.80. The third-order valence-electron chi connectivity index (χ3n) is 4.02. The first-order valence-electron chi connectivity index (χ1n) is 7.53. The van der Waals surface area contributed by atoms with E-state index in [0.717, 1.165) is 6.42 Å². The molecule has 0 N–H and O–H groups in total. The lowest BCUT2D eigenvalue weighted by Gasteiger charge is -2.20. The van der Waals surface area contributed by atoms with Crippen molar-refractivity contribution in [2.24, 2.45) is 10.8 Å². The van der Waals surface area contributed by atoms with Crippen LogP contribution in [-0.4, -0.2) is 0 Å². The van der Waals surface area contributed by atoms with Crippen molar-refractivity contribution in [3.63, 3.8) is 0 Å². The number of hydrogen-bond acceptors (Lipinski definition) is 0. The highest BCUT2D eigenvalue weighted by Crippen LogP contribution is 2.46. The molecule has 0 aliphatic heterocycles. The maximum atomic E-state index is 2.45. The summed E-state index contributed by atoms with van der Waals surface area (Å²) in [6.45, 7) is 13.9. The Balaban J connectivity index is 2.52. The molecule has 1 aliphatic rings. The van der Waals surface area contributed by atoms with Crippen molar-refractivity contribution in [1.29, 1.82) is 0 Å². The van der Waals surface area contributed by atoms with E-state index in [2.05, 4.69) is 84.0 Å². The van der Waals surface area contributed by atoms with Crippen LogP contribution in [0.1, 0.15) is 53.5 Å². The third-order valence-corrected chi connectivity index (χ3v) is 4.02. The summed E-state index contributed by atoms with van der Waals surface area (Å²) in [7, 11) is 0. The first-order valence-corrected chi connectivity index (χ1v) is 7.53. The van der Waals surface area contributed by atoms with Crippen LogP contribution in [-0.2, 0) is 0 Å². The molecule has 1 aromatic rings. The predicted octanol–water partition coefficient (Wildman–Crippen LogP) is 6.14. The highest BCUT2D eigenvalue weighted by Gasteiger charge is 2.33. The van der Waals surface area contributed by atoms with Crippen molar-refractivity contribution in [3.8, 4) is 0 Å². The lowest BCUT2D eigenvalue weighted by molar-refractivity contribution is 0.494. The van der Waals surface area contributed by atoms with E-state index in [1.807, 2.05) is 0 Å². The van der Waals surface area contributed by atoms with Gasteiger partial charge in [-0.15, -0.1) is 0 Å². The van der Waals surface area contributed by atoms with Crippen molar-refractivity contribution in [2.75, 3.05) is 0 Å². The van der Waals surface area contributed by atoms with Gasteiger partial charge in [0.25, 0.3) is 0 Å². The van der Waals surface area contributed by atoms with E-state index in [0.29, 0.717) is 0 Å². The Morgan fingerprint density at radius 2 is 1.35 bits per heavy atom. The van der Waals surface area contributed by atoms with E-state index < -0.39 is 0 Å². The smallest absolute Gasteiger partial charge is 0.0563 e. The monoisotopic (exact) mass is 267 g/mol. The summed E-state index contributed by atoms with van der Waals surface area (Å²) in [5, 5.41) is 0. The van der Waals surface area contributed by atoms with E-state index in [1.165, 1.54) is 16.7 Å². The molecule has 2 rings (SSSR count). The van der Waals surface area contributed by atoms with Crippen LogP contribution in [0.25, 0.3) is 5.57 Å². The van der Waals surface area contributed by atoms with Gasteiger partial charge in [-0.1, -0.05) is 20.8 Å². The van der Waals surface area contributed by atoms with Gasteiger partial charge >= 0.3 is 0 Å². The van der Waals surface area contributed by atoms with E-state index >= 15 is 0 Å². The Kier molecular flexibility index (Phi) is 3.86. The summed E-state index contributed by atoms with van der Waals surface area (Å²) in [5.74, 6) is 0. The zero-order valence-corrected chi connectivity index (χ0v) is 13.7. The fourth-order valence-corrected chi connectivity index (χ4v) is 2.71. The molecule has 0 atom stereocenters. The van der Waals surface area contributed by atoms with E-state index in [1.54, 1.807) is 5.57 Å². The molecule has 0 unspecified atom stereocenters. The molecule has 20 heavy (non-hydrogen) atoms. The second kappa shape index (κ2) is 5.16. The van der Waals surface area contributed by atoms with Gasteiger partial charge in [-0.25, -0.2) is 0 Å². The molecule has 0 amide bonds. The quantitative estimate of drug-likeness (QED) is 0.536. The minimum Gasteiger partial charge on any atom is -0.0563 e. The largest absolute Gasteiger partial charge is 0.0651 e. The Bertz CT molecular complexity index is 544. The maximum Gasteiger partial charge on any atom is 0.0651 e. The Morgan fingerprint density at radius 3 is 1.80 bits per heavy atom. The van der Waals surface area contributed by atoms with Gasteiger partial charge in [0, 0.05) is 47.2 Å².